The molecule has 0 aliphatic heterocycles. The van der Waals surface area contributed by atoms with Crippen molar-refractivity contribution in [2.45, 2.75) is 25.8 Å². The third-order valence-corrected chi connectivity index (χ3v) is 2.93. The maximum absolute atomic E-state index is 3.71. The van der Waals surface area contributed by atoms with Crippen LogP contribution in [0, 0.1) is 0 Å². The van der Waals surface area contributed by atoms with Gasteiger partial charge in [0.1, 0.15) is 0 Å². The average molecular weight is 268 g/mol. The van der Waals surface area contributed by atoms with E-state index in [0.717, 1.165) is 23.9 Å². The van der Waals surface area contributed by atoms with Gasteiger partial charge in [-0.3, -0.25) is 0 Å². The quantitative estimate of drug-likeness (QED) is 0.606. The van der Waals surface area contributed by atoms with Crippen molar-refractivity contribution >= 4 is 15.9 Å². The molecule has 1 rings (SSSR count). The van der Waals surface area contributed by atoms with Crippen molar-refractivity contribution in [2.75, 3.05) is 6.54 Å². The van der Waals surface area contributed by atoms with Gasteiger partial charge in [0.05, 0.1) is 0 Å². The Bertz CT molecular complexity index is 292. The first-order valence-electron chi connectivity index (χ1n) is 5.34. The van der Waals surface area contributed by atoms with Crippen LogP contribution < -0.4 is 5.32 Å². The van der Waals surface area contributed by atoms with Crippen LogP contribution in [0.5, 0.6) is 0 Å². The summed E-state index contributed by atoms with van der Waals surface area (Å²) in [5, 5.41) is 3.49. The van der Waals surface area contributed by atoms with Gasteiger partial charge in [-0.05, 0) is 44.0 Å². The summed E-state index contributed by atoms with van der Waals surface area (Å²) in [5.74, 6) is 0. The van der Waals surface area contributed by atoms with Gasteiger partial charge >= 0.3 is 0 Å². The number of nitrogens with one attached hydrogen (secondary N) is 1. The highest BCUT2D eigenvalue weighted by molar-refractivity contribution is 9.10. The zero-order valence-electron chi connectivity index (χ0n) is 9.17. The summed E-state index contributed by atoms with van der Waals surface area (Å²) in [6.07, 6.45) is 4.20. The van der Waals surface area contributed by atoms with Gasteiger partial charge in [0, 0.05) is 10.5 Å². The van der Waals surface area contributed by atoms with Crippen LogP contribution in [-0.2, 0) is 0 Å². The summed E-state index contributed by atoms with van der Waals surface area (Å²) in [6, 6.07) is 8.88. The van der Waals surface area contributed by atoms with E-state index in [1.807, 2.05) is 6.08 Å². The summed E-state index contributed by atoms with van der Waals surface area (Å²) in [6.45, 7) is 6.95. The minimum Gasteiger partial charge on any atom is -0.310 e. The Kier molecular flexibility index (Phi) is 5.66. The highest BCUT2D eigenvalue weighted by atomic mass is 79.9. The first kappa shape index (κ1) is 12.5. The fraction of sp³-hybridized carbons (Fsp3) is 0.385. The molecule has 0 fully saturated rings. The summed E-state index contributed by atoms with van der Waals surface area (Å²) in [7, 11) is 0. The number of hydrogen-bond acceptors (Lipinski definition) is 1. The summed E-state index contributed by atoms with van der Waals surface area (Å²) in [5.41, 5.74) is 1.33. The zero-order chi connectivity index (χ0) is 11.1. The van der Waals surface area contributed by atoms with Crippen molar-refractivity contribution < 1.29 is 0 Å². The minimum atomic E-state index is 0.419. The molecule has 0 aliphatic rings. The molecule has 0 saturated heterocycles. The molecule has 1 N–H and O–H groups in total. The van der Waals surface area contributed by atoms with Gasteiger partial charge in [-0.25, -0.2) is 0 Å². The van der Waals surface area contributed by atoms with Crippen LogP contribution in [0.3, 0.4) is 0 Å². The molecule has 2 heteroatoms. The van der Waals surface area contributed by atoms with E-state index in [1.54, 1.807) is 0 Å². The lowest BCUT2D eigenvalue weighted by atomic mass is 10.1. The number of unbranched alkanes of at least 4 members (excludes halogenated alkanes) is 1. The lowest BCUT2D eigenvalue weighted by Crippen LogP contribution is -2.19. The van der Waals surface area contributed by atoms with Crippen molar-refractivity contribution in [1.82, 2.24) is 5.32 Å². The maximum Gasteiger partial charge on any atom is 0.0291 e. The molecule has 0 aromatic heterocycles. The largest absolute Gasteiger partial charge is 0.310 e. The molecule has 82 valence electrons. The minimum absolute atomic E-state index is 0.419. The van der Waals surface area contributed by atoms with Gasteiger partial charge in [-0.2, -0.15) is 0 Å². The molecule has 15 heavy (non-hydrogen) atoms. The smallest absolute Gasteiger partial charge is 0.0291 e. The van der Waals surface area contributed by atoms with E-state index in [1.165, 1.54) is 5.56 Å². The van der Waals surface area contributed by atoms with Crippen molar-refractivity contribution in [3.05, 3.63) is 47.0 Å². The molecule has 0 amide bonds. The van der Waals surface area contributed by atoms with E-state index in [0.29, 0.717) is 6.04 Å². The van der Waals surface area contributed by atoms with Crippen LogP contribution in [0.4, 0.5) is 0 Å². The van der Waals surface area contributed by atoms with E-state index in [9.17, 15) is 0 Å². The molecule has 1 nitrogen and oxygen atoms in total. The topological polar surface area (TPSA) is 12.0 Å². The molecule has 0 bridgehead atoms. The molecule has 0 heterocycles. The molecule has 0 aliphatic carbocycles. The van der Waals surface area contributed by atoms with E-state index in [2.05, 4.69) is 59.0 Å². The third kappa shape index (κ3) is 4.63. The second-order valence-corrected chi connectivity index (χ2v) is 4.57. The van der Waals surface area contributed by atoms with Crippen LogP contribution in [-0.4, -0.2) is 6.54 Å². The predicted molar refractivity (Wildman–Crippen MR) is 70.0 cm³/mol. The summed E-state index contributed by atoms with van der Waals surface area (Å²) < 4.78 is 1.13. The Labute approximate surface area is 101 Å². The van der Waals surface area contributed by atoms with Crippen molar-refractivity contribution in [1.29, 1.82) is 0 Å². The van der Waals surface area contributed by atoms with E-state index in [-0.39, 0.29) is 0 Å². The van der Waals surface area contributed by atoms with Gasteiger partial charge in [0.25, 0.3) is 0 Å². The Hall–Kier alpha value is -0.600. The highest BCUT2D eigenvalue weighted by Gasteiger charge is 2.02. The third-order valence-electron chi connectivity index (χ3n) is 2.41. The number of halogens is 1. The first-order chi connectivity index (χ1) is 7.24. The summed E-state index contributed by atoms with van der Waals surface area (Å²) >= 11 is 3.44. The fourth-order valence-corrected chi connectivity index (χ4v) is 1.70. The second kappa shape index (κ2) is 6.81. The highest BCUT2D eigenvalue weighted by Crippen LogP contribution is 2.16. The second-order valence-electron chi connectivity index (χ2n) is 3.66. The van der Waals surface area contributed by atoms with Crippen molar-refractivity contribution in [3.8, 4) is 0 Å². The van der Waals surface area contributed by atoms with E-state index in [4.69, 9.17) is 0 Å². The average Bonchev–Trinajstić information content (AvgIpc) is 2.25. The molecule has 0 radical (unpaired) electrons. The molecule has 0 saturated carbocycles. The monoisotopic (exact) mass is 267 g/mol. The summed E-state index contributed by atoms with van der Waals surface area (Å²) in [4.78, 5) is 0. The van der Waals surface area contributed by atoms with Crippen molar-refractivity contribution in [2.24, 2.45) is 0 Å². The van der Waals surface area contributed by atoms with Crippen LogP contribution in [0.2, 0.25) is 0 Å². The van der Waals surface area contributed by atoms with E-state index >= 15 is 0 Å². The van der Waals surface area contributed by atoms with E-state index < -0.39 is 0 Å². The fourth-order valence-electron chi connectivity index (χ4n) is 1.43. The van der Waals surface area contributed by atoms with Crippen molar-refractivity contribution in [3.63, 3.8) is 0 Å². The van der Waals surface area contributed by atoms with Gasteiger partial charge in [-0.15, -0.1) is 6.58 Å². The zero-order valence-corrected chi connectivity index (χ0v) is 10.8. The van der Waals surface area contributed by atoms with Crippen LogP contribution in [0.1, 0.15) is 31.4 Å². The SMILES string of the molecule is C=CCCCN[C@@H](C)c1ccc(Br)cc1. The molecular formula is C13H18BrN. The maximum atomic E-state index is 3.71. The van der Waals surface area contributed by atoms with Crippen LogP contribution in [0.15, 0.2) is 41.4 Å². The molecule has 1 aromatic rings. The molecule has 1 aromatic carbocycles. The molecular weight excluding hydrogens is 250 g/mol. The molecule has 1 atom stereocenters. The Morgan fingerprint density at radius 3 is 2.67 bits per heavy atom. The lowest BCUT2D eigenvalue weighted by Gasteiger charge is -2.13. The normalized spacial score (nSPS) is 12.4. The number of rotatable bonds is 6. The first-order valence-corrected chi connectivity index (χ1v) is 6.13. The standard InChI is InChI=1S/C13H18BrN/c1-3-4-5-10-15-11(2)12-6-8-13(14)9-7-12/h3,6-9,11,15H,1,4-5,10H2,2H3/t11-/m0/s1. The van der Waals surface area contributed by atoms with Gasteiger partial charge in [0.2, 0.25) is 0 Å². The van der Waals surface area contributed by atoms with Crippen LogP contribution >= 0.6 is 15.9 Å². The number of benzene rings is 1. The van der Waals surface area contributed by atoms with Gasteiger partial charge in [0.15, 0.2) is 0 Å². The predicted octanol–water partition coefficient (Wildman–Crippen LogP) is 4.07. The Morgan fingerprint density at radius 2 is 2.07 bits per heavy atom. The number of hydrogen-bond donors (Lipinski definition) is 1. The Balaban J connectivity index is 2.36. The van der Waals surface area contributed by atoms with Gasteiger partial charge < -0.3 is 5.32 Å². The number of allylic oxidation sites excluding steroid dienone is 1. The Morgan fingerprint density at radius 1 is 1.40 bits per heavy atom. The lowest BCUT2D eigenvalue weighted by molar-refractivity contribution is 0.561. The molecule has 0 unspecified atom stereocenters. The van der Waals surface area contributed by atoms with Crippen LogP contribution in [0.25, 0.3) is 0 Å². The van der Waals surface area contributed by atoms with Gasteiger partial charge in [-0.1, -0.05) is 34.1 Å². The molecule has 0 spiro atoms.